The molecule has 37 heavy (non-hydrogen) atoms. The number of rotatable bonds is 9. The topological polar surface area (TPSA) is 133 Å². The second kappa shape index (κ2) is 12.1. The predicted molar refractivity (Wildman–Crippen MR) is 144 cm³/mol. The molecular weight excluding hydrogens is 468 g/mol. The van der Waals surface area contributed by atoms with Crippen LogP contribution in [0.1, 0.15) is 24.0 Å². The number of likely N-dealkylation sites (tertiary alicyclic amines) is 1. The Balaban J connectivity index is 1.46. The summed E-state index contributed by atoms with van der Waals surface area (Å²) in [6.45, 7) is 1.96. The number of likely N-dealkylation sites (N-methyl/N-ethyl adjacent to an activating group) is 1. The van der Waals surface area contributed by atoms with Crippen LogP contribution in [-0.4, -0.2) is 76.1 Å². The molecule has 1 fully saturated rings. The Kier molecular flexibility index (Phi) is 8.42. The summed E-state index contributed by atoms with van der Waals surface area (Å²) in [5, 5.41) is 12.2. The molecule has 0 saturated carbocycles. The van der Waals surface area contributed by atoms with Gasteiger partial charge < -0.3 is 25.6 Å². The Hall–Kier alpha value is -4.31. The zero-order chi connectivity index (χ0) is 26.2. The summed E-state index contributed by atoms with van der Waals surface area (Å²) in [7, 11) is 3.92. The van der Waals surface area contributed by atoms with Crippen molar-refractivity contribution in [3.63, 3.8) is 0 Å². The Morgan fingerprint density at radius 3 is 2.76 bits per heavy atom. The maximum Gasteiger partial charge on any atom is 0.246 e. The number of hydrogen-bond donors (Lipinski definition) is 3. The molecule has 4 N–H and O–H groups in total. The summed E-state index contributed by atoms with van der Waals surface area (Å²) in [5.74, 6) is 1.75. The van der Waals surface area contributed by atoms with Gasteiger partial charge in [-0.25, -0.2) is 15.0 Å². The Morgan fingerprint density at radius 1 is 1.22 bits per heavy atom. The smallest absolute Gasteiger partial charge is 0.246 e. The van der Waals surface area contributed by atoms with Crippen molar-refractivity contribution >= 4 is 23.3 Å². The zero-order valence-electron chi connectivity index (χ0n) is 21.1. The summed E-state index contributed by atoms with van der Waals surface area (Å²) in [6.07, 6.45) is 8.18. The quantitative estimate of drug-likeness (QED) is 0.301. The summed E-state index contributed by atoms with van der Waals surface area (Å²) in [4.78, 5) is 29.3. The van der Waals surface area contributed by atoms with E-state index in [9.17, 15) is 4.79 Å². The molecule has 1 aromatic carbocycles. The fourth-order valence-corrected chi connectivity index (χ4v) is 4.06. The number of nitrogens with two attached hydrogens (primary N) is 1. The molecule has 10 heteroatoms. The van der Waals surface area contributed by atoms with Crippen LogP contribution in [0.25, 0.3) is 0 Å². The molecule has 0 aliphatic carbocycles. The SMILES string of the molecule is CN(C)C/C=C/C(=O)N1CCCC(Nc2ncnc(N)c2C(=N)c2ccc(Oc3ccccc3)nc2)C1. The van der Waals surface area contributed by atoms with Gasteiger partial charge in [0.05, 0.1) is 11.3 Å². The normalized spacial score (nSPS) is 15.6. The molecule has 192 valence electrons. The van der Waals surface area contributed by atoms with Crippen LogP contribution < -0.4 is 15.8 Å². The minimum Gasteiger partial charge on any atom is -0.439 e. The van der Waals surface area contributed by atoms with Crippen molar-refractivity contribution in [2.75, 3.05) is 44.8 Å². The molecule has 1 saturated heterocycles. The van der Waals surface area contributed by atoms with Gasteiger partial charge in [-0.05, 0) is 45.1 Å². The highest BCUT2D eigenvalue weighted by molar-refractivity contribution is 6.16. The number of hydrogen-bond acceptors (Lipinski definition) is 9. The average Bonchev–Trinajstić information content (AvgIpc) is 2.89. The Labute approximate surface area is 216 Å². The molecule has 0 bridgehead atoms. The average molecular weight is 501 g/mol. The molecule has 1 amide bonds. The number of carbonyl (C=O) groups excluding carboxylic acids is 1. The first-order valence-electron chi connectivity index (χ1n) is 12.2. The minimum atomic E-state index is -0.0272. The number of carbonyl (C=O) groups is 1. The van der Waals surface area contributed by atoms with E-state index in [1.807, 2.05) is 60.3 Å². The molecule has 10 nitrogen and oxygen atoms in total. The highest BCUT2D eigenvalue weighted by atomic mass is 16.5. The molecule has 0 spiro atoms. The van der Waals surface area contributed by atoms with Crippen LogP contribution in [0, 0.1) is 5.41 Å². The lowest BCUT2D eigenvalue weighted by molar-refractivity contribution is -0.127. The molecule has 1 aliphatic rings. The standard InChI is InChI=1S/C27H32N8O2/c1-34(2)14-7-11-23(36)35-15-6-8-20(17-35)33-27-24(26(29)31-18-32-27)25(28)19-12-13-22(30-16-19)37-21-9-4-3-5-10-21/h3-5,7,9-13,16,18,20,28H,6,8,14-15,17H2,1-2H3,(H3,29,31,32,33)/b11-7+,28-25?. The second-order valence-corrected chi connectivity index (χ2v) is 9.09. The van der Waals surface area contributed by atoms with Crippen LogP contribution in [0.5, 0.6) is 11.6 Å². The van der Waals surface area contributed by atoms with E-state index in [2.05, 4.69) is 20.3 Å². The third-order valence-electron chi connectivity index (χ3n) is 5.92. The van der Waals surface area contributed by atoms with Crippen LogP contribution in [-0.2, 0) is 4.79 Å². The number of amides is 1. The number of para-hydroxylation sites is 1. The maximum absolute atomic E-state index is 12.6. The number of ether oxygens (including phenoxy) is 1. The fourth-order valence-electron chi connectivity index (χ4n) is 4.06. The van der Waals surface area contributed by atoms with E-state index in [-0.39, 0.29) is 23.5 Å². The lowest BCUT2D eigenvalue weighted by Crippen LogP contribution is -2.45. The molecule has 0 radical (unpaired) electrons. The molecule has 3 aromatic rings. The highest BCUT2D eigenvalue weighted by Gasteiger charge is 2.25. The van der Waals surface area contributed by atoms with Gasteiger partial charge in [0.15, 0.2) is 0 Å². The second-order valence-electron chi connectivity index (χ2n) is 9.09. The van der Waals surface area contributed by atoms with Gasteiger partial charge in [0.1, 0.15) is 23.7 Å². The van der Waals surface area contributed by atoms with Gasteiger partial charge in [0.25, 0.3) is 0 Å². The van der Waals surface area contributed by atoms with E-state index in [1.54, 1.807) is 24.4 Å². The first-order chi connectivity index (χ1) is 17.9. The van der Waals surface area contributed by atoms with E-state index in [4.69, 9.17) is 15.9 Å². The molecule has 2 aromatic heterocycles. The number of piperidine rings is 1. The number of nitrogens with zero attached hydrogens (tertiary/aromatic N) is 5. The van der Waals surface area contributed by atoms with Crippen molar-refractivity contribution in [3.8, 4) is 11.6 Å². The molecule has 3 heterocycles. The van der Waals surface area contributed by atoms with Gasteiger partial charge >= 0.3 is 0 Å². The van der Waals surface area contributed by atoms with Crippen molar-refractivity contribution in [2.24, 2.45) is 0 Å². The lowest BCUT2D eigenvalue weighted by atomic mass is 10.0. The Morgan fingerprint density at radius 2 is 2.03 bits per heavy atom. The van der Waals surface area contributed by atoms with Gasteiger partial charge in [-0.1, -0.05) is 24.3 Å². The van der Waals surface area contributed by atoms with Crippen molar-refractivity contribution in [2.45, 2.75) is 18.9 Å². The largest absolute Gasteiger partial charge is 0.439 e. The Bertz CT molecular complexity index is 1250. The van der Waals surface area contributed by atoms with Crippen LogP contribution >= 0.6 is 0 Å². The predicted octanol–water partition coefficient (Wildman–Crippen LogP) is 3.18. The molecule has 1 aliphatic heterocycles. The van der Waals surface area contributed by atoms with Crippen LogP contribution in [0.2, 0.25) is 0 Å². The van der Waals surface area contributed by atoms with Crippen LogP contribution in [0.15, 0.2) is 67.1 Å². The van der Waals surface area contributed by atoms with Gasteiger partial charge in [0, 0.05) is 49.6 Å². The van der Waals surface area contributed by atoms with Crippen LogP contribution in [0.4, 0.5) is 11.6 Å². The summed E-state index contributed by atoms with van der Waals surface area (Å²) < 4.78 is 5.75. The first-order valence-corrected chi connectivity index (χ1v) is 12.2. The number of nitrogen functional groups attached to an aromatic ring is 1. The van der Waals surface area contributed by atoms with Gasteiger partial charge in [-0.15, -0.1) is 0 Å². The molecule has 1 atom stereocenters. The molecule has 4 rings (SSSR count). The number of pyridine rings is 1. The summed E-state index contributed by atoms with van der Waals surface area (Å²) in [5.41, 5.74) is 7.30. The minimum absolute atomic E-state index is 0.00703. The van der Waals surface area contributed by atoms with E-state index < -0.39 is 0 Å². The number of nitrogens with one attached hydrogen (secondary N) is 2. The molecular formula is C27H32N8O2. The number of aromatic nitrogens is 3. The van der Waals surface area contributed by atoms with Gasteiger partial charge in [0.2, 0.25) is 11.8 Å². The van der Waals surface area contributed by atoms with Crippen molar-refractivity contribution in [1.82, 2.24) is 24.8 Å². The van der Waals surface area contributed by atoms with Crippen molar-refractivity contribution in [1.29, 1.82) is 5.41 Å². The monoisotopic (exact) mass is 500 g/mol. The van der Waals surface area contributed by atoms with Gasteiger partial charge in [-0.2, -0.15) is 0 Å². The maximum atomic E-state index is 12.6. The lowest BCUT2D eigenvalue weighted by Gasteiger charge is -2.33. The highest BCUT2D eigenvalue weighted by Crippen LogP contribution is 2.25. The van der Waals surface area contributed by atoms with Gasteiger partial charge in [-0.3, -0.25) is 10.2 Å². The summed E-state index contributed by atoms with van der Waals surface area (Å²) >= 11 is 0. The van der Waals surface area contributed by atoms with E-state index in [0.717, 1.165) is 12.8 Å². The zero-order valence-corrected chi connectivity index (χ0v) is 21.1. The third kappa shape index (κ3) is 6.89. The van der Waals surface area contributed by atoms with E-state index in [1.165, 1.54) is 6.33 Å². The number of benzene rings is 1. The van der Waals surface area contributed by atoms with Crippen LogP contribution in [0.3, 0.4) is 0 Å². The van der Waals surface area contributed by atoms with Crippen molar-refractivity contribution < 1.29 is 9.53 Å². The van der Waals surface area contributed by atoms with E-state index >= 15 is 0 Å². The molecule has 1 unspecified atom stereocenters. The third-order valence-corrected chi connectivity index (χ3v) is 5.92. The van der Waals surface area contributed by atoms with E-state index in [0.29, 0.717) is 48.2 Å². The number of anilines is 2. The van der Waals surface area contributed by atoms with Crippen molar-refractivity contribution in [3.05, 3.63) is 78.3 Å². The summed E-state index contributed by atoms with van der Waals surface area (Å²) in [6, 6.07) is 12.8. The fraction of sp³-hybridized carbons (Fsp3) is 0.296. The first kappa shape index (κ1) is 25.8.